The van der Waals surface area contributed by atoms with E-state index >= 15 is 0 Å². The SMILES string of the molecule is C=C(C)C(=O)OCC(C)C.C=CC(=O)OCC(CC)CCCC.C=CC(=O)OCCCO.CCCCCOC(=O)CC. The number of hydrogen-bond acceptors (Lipinski definition) is 9. The zero-order valence-electron chi connectivity index (χ0n) is 27.5. The maximum Gasteiger partial charge on any atom is 0.333 e. The average molecular weight is 601 g/mol. The Labute approximate surface area is 255 Å². The summed E-state index contributed by atoms with van der Waals surface area (Å²) in [5.74, 6) is -0.227. The lowest BCUT2D eigenvalue weighted by Crippen LogP contribution is -2.12. The third-order valence-electron chi connectivity index (χ3n) is 5.08. The van der Waals surface area contributed by atoms with Gasteiger partial charge in [0.1, 0.15) is 0 Å². The Morgan fingerprint density at radius 2 is 1.31 bits per heavy atom. The molecule has 0 aromatic carbocycles. The summed E-state index contributed by atoms with van der Waals surface area (Å²) in [6.45, 7) is 25.8. The van der Waals surface area contributed by atoms with Crippen molar-refractivity contribution in [1.82, 2.24) is 0 Å². The first-order chi connectivity index (χ1) is 19.9. The molecule has 0 heterocycles. The number of rotatable bonds is 19. The highest BCUT2D eigenvalue weighted by molar-refractivity contribution is 5.86. The second kappa shape index (κ2) is 36.1. The molecule has 0 spiro atoms. The van der Waals surface area contributed by atoms with Gasteiger partial charge in [-0.2, -0.15) is 0 Å². The van der Waals surface area contributed by atoms with E-state index in [0.29, 0.717) is 50.1 Å². The van der Waals surface area contributed by atoms with Gasteiger partial charge < -0.3 is 24.1 Å². The molecular formula is C33H60O9. The van der Waals surface area contributed by atoms with Gasteiger partial charge in [-0.3, -0.25) is 4.79 Å². The molecule has 0 aliphatic rings. The van der Waals surface area contributed by atoms with Crippen LogP contribution >= 0.6 is 0 Å². The molecule has 0 radical (unpaired) electrons. The molecule has 42 heavy (non-hydrogen) atoms. The number of aliphatic hydroxyl groups is 1. The van der Waals surface area contributed by atoms with E-state index in [1.165, 1.54) is 25.3 Å². The minimum absolute atomic E-state index is 0.0461. The first-order valence-corrected chi connectivity index (χ1v) is 15.1. The van der Waals surface area contributed by atoms with Gasteiger partial charge in [0.05, 0.1) is 26.4 Å². The van der Waals surface area contributed by atoms with Crippen LogP contribution in [0.5, 0.6) is 0 Å². The Bertz CT molecular complexity index is 714. The van der Waals surface area contributed by atoms with Crippen molar-refractivity contribution in [3.05, 3.63) is 37.5 Å². The molecular weight excluding hydrogens is 540 g/mol. The third-order valence-corrected chi connectivity index (χ3v) is 5.08. The number of ether oxygens (including phenoxy) is 4. The predicted molar refractivity (Wildman–Crippen MR) is 169 cm³/mol. The van der Waals surface area contributed by atoms with E-state index in [1.54, 1.807) is 6.92 Å². The van der Waals surface area contributed by atoms with Crippen molar-refractivity contribution < 1.29 is 43.2 Å². The van der Waals surface area contributed by atoms with Crippen LogP contribution in [0.15, 0.2) is 37.5 Å². The van der Waals surface area contributed by atoms with Crippen LogP contribution in [-0.4, -0.2) is 62.0 Å². The molecule has 0 bridgehead atoms. The van der Waals surface area contributed by atoms with E-state index in [0.717, 1.165) is 31.8 Å². The largest absolute Gasteiger partial charge is 0.466 e. The summed E-state index contributed by atoms with van der Waals surface area (Å²) >= 11 is 0. The van der Waals surface area contributed by atoms with E-state index in [1.807, 2.05) is 20.8 Å². The summed E-state index contributed by atoms with van der Waals surface area (Å²) in [7, 11) is 0. The van der Waals surface area contributed by atoms with Gasteiger partial charge in [0.2, 0.25) is 0 Å². The van der Waals surface area contributed by atoms with Crippen molar-refractivity contribution in [2.45, 2.75) is 106 Å². The van der Waals surface area contributed by atoms with Gasteiger partial charge in [-0.15, -0.1) is 0 Å². The molecule has 9 heteroatoms. The highest BCUT2D eigenvalue weighted by atomic mass is 16.5. The molecule has 0 fully saturated rings. The van der Waals surface area contributed by atoms with Gasteiger partial charge in [0, 0.05) is 37.2 Å². The van der Waals surface area contributed by atoms with Crippen LogP contribution in [0.4, 0.5) is 0 Å². The highest BCUT2D eigenvalue weighted by Crippen LogP contribution is 2.12. The standard InChI is InChI=1S/C11H20O2.C8H14O2.C8H16O2.C6H10O3/c1-4-7-8-10(5-2)9-13-11(12)6-3;1-6(2)5-10-8(9)7(3)4;1-3-5-6-7-10-8(9)4-2;1-2-6(8)9-5-3-4-7/h6,10H,3-5,7-9H2,1-2H3;6H,3,5H2,1-2,4H3;3-7H2,1-2H3;2,7H,1,3-5H2. The Kier molecular flexibility index (Phi) is 39.5. The second-order valence-electron chi connectivity index (χ2n) is 9.75. The van der Waals surface area contributed by atoms with Crippen molar-refractivity contribution >= 4 is 23.9 Å². The lowest BCUT2D eigenvalue weighted by molar-refractivity contribution is -0.143. The second-order valence-corrected chi connectivity index (χ2v) is 9.75. The van der Waals surface area contributed by atoms with E-state index in [4.69, 9.17) is 19.3 Å². The fourth-order valence-electron chi connectivity index (χ4n) is 2.46. The quantitative estimate of drug-likeness (QED) is 0.0727. The smallest absolute Gasteiger partial charge is 0.333 e. The summed E-state index contributed by atoms with van der Waals surface area (Å²) in [4.78, 5) is 42.3. The van der Waals surface area contributed by atoms with Crippen LogP contribution < -0.4 is 0 Å². The Morgan fingerprint density at radius 3 is 1.74 bits per heavy atom. The summed E-state index contributed by atoms with van der Waals surface area (Å²) in [5, 5.41) is 8.23. The van der Waals surface area contributed by atoms with E-state index < -0.39 is 5.97 Å². The molecule has 0 aromatic heterocycles. The molecule has 9 nitrogen and oxygen atoms in total. The molecule has 1 atom stereocenters. The lowest BCUT2D eigenvalue weighted by Gasteiger charge is -2.13. The molecule has 0 aromatic rings. The zero-order valence-corrected chi connectivity index (χ0v) is 27.5. The van der Waals surface area contributed by atoms with Crippen LogP contribution in [0, 0.1) is 11.8 Å². The van der Waals surface area contributed by atoms with Crippen LogP contribution in [0.3, 0.4) is 0 Å². The lowest BCUT2D eigenvalue weighted by atomic mass is 10.0. The Morgan fingerprint density at radius 1 is 0.762 bits per heavy atom. The molecule has 246 valence electrons. The highest BCUT2D eigenvalue weighted by Gasteiger charge is 2.07. The maximum absolute atomic E-state index is 10.8. The van der Waals surface area contributed by atoms with Gasteiger partial charge in [-0.05, 0) is 31.6 Å². The van der Waals surface area contributed by atoms with Crippen molar-refractivity contribution in [1.29, 1.82) is 0 Å². The summed E-state index contributed by atoms with van der Waals surface area (Å²) < 4.78 is 19.2. The molecule has 0 saturated carbocycles. The first-order valence-electron chi connectivity index (χ1n) is 15.1. The van der Waals surface area contributed by atoms with Crippen LogP contribution in [-0.2, 0) is 38.1 Å². The maximum atomic E-state index is 10.8. The summed E-state index contributed by atoms with van der Waals surface area (Å²) in [6, 6.07) is 0. The van der Waals surface area contributed by atoms with Crippen molar-refractivity contribution in [3.8, 4) is 0 Å². The summed E-state index contributed by atoms with van der Waals surface area (Å²) in [6.07, 6.45) is 11.2. The van der Waals surface area contributed by atoms with Gasteiger partial charge in [0.25, 0.3) is 0 Å². The molecule has 0 aliphatic carbocycles. The van der Waals surface area contributed by atoms with Crippen molar-refractivity contribution in [2.24, 2.45) is 11.8 Å². The number of unbranched alkanes of at least 4 members (excludes halogenated alkanes) is 3. The number of aliphatic hydroxyl groups excluding tert-OH is 1. The van der Waals surface area contributed by atoms with Crippen LogP contribution in [0.1, 0.15) is 106 Å². The zero-order chi connectivity index (χ0) is 33.2. The fourth-order valence-corrected chi connectivity index (χ4v) is 2.46. The monoisotopic (exact) mass is 600 g/mol. The van der Waals surface area contributed by atoms with E-state index in [9.17, 15) is 19.2 Å². The van der Waals surface area contributed by atoms with E-state index in [-0.39, 0.29) is 31.1 Å². The van der Waals surface area contributed by atoms with Gasteiger partial charge >= 0.3 is 23.9 Å². The van der Waals surface area contributed by atoms with Gasteiger partial charge in [0.15, 0.2) is 0 Å². The predicted octanol–water partition coefficient (Wildman–Crippen LogP) is 6.92. The molecule has 0 saturated heterocycles. The normalized spacial score (nSPS) is 10.1. The first kappa shape index (κ1) is 46.0. The molecule has 1 N–H and O–H groups in total. The van der Waals surface area contributed by atoms with Crippen LogP contribution in [0.25, 0.3) is 0 Å². The van der Waals surface area contributed by atoms with Crippen molar-refractivity contribution in [3.63, 3.8) is 0 Å². The summed E-state index contributed by atoms with van der Waals surface area (Å²) in [5.41, 5.74) is 0.459. The Balaban J connectivity index is -0.000000232. The van der Waals surface area contributed by atoms with E-state index in [2.05, 4.69) is 45.2 Å². The average Bonchev–Trinajstić information content (AvgIpc) is 2.98. The number of carbonyl (C=O) groups is 4. The van der Waals surface area contributed by atoms with Crippen LogP contribution in [0.2, 0.25) is 0 Å². The topological polar surface area (TPSA) is 125 Å². The third kappa shape index (κ3) is 41.5. The van der Waals surface area contributed by atoms with Gasteiger partial charge in [-0.25, -0.2) is 14.4 Å². The minimum Gasteiger partial charge on any atom is -0.466 e. The minimum atomic E-state index is -0.441. The van der Waals surface area contributed by atoms with Crippen molar-refractivity contribution in [2.75, 3.05) is 33.0 Å². The Hall–Kier alpha value is -2.94. The molecule has 1 unspecified atom stereocenters. The molecule has 0 aliphatic heterocycles. The number of esters is 4. The number of hydrogen-bond donors (Lipinski definition) is 1. The fraction of sp³-hybridized carbons (Fsp3) is 0.697. The van der Waals surface area contributed by atoms with Gasteiger partial charge in [-0.1, -0.05) is 93.4 Å². The number of carbonyl (C=O) groups excluding carboxylic acids is 4. The molecule has 0 rings (SSSR count). The molecule has 0 amide bonds.